The van der Waals surface area contributed by atoms with Crippen molar-refractivity contribution in [3.8, 4) is 17.2 Å². The third-order valence-electron chi connectivity index (χ3n) is 4.32. The minimum Gasteiger partial charge on any atom is -0.495 e. The summed E-state index contributed by atoms with van der Waals surface area (Å²) in [5, 5.41) is 4.46. The summed E-state index contributed by atoms with van der Waals surface area (Å²) in [5.41, 5.74) is 2.36. The molecule has 8 heteroatoms. The molecule has 4 nitrogen and oxygen atoms in total. The van der Waals surface area contributed by atoms with E-state index in [1.54, 1.807) is 31.4 Å². The Bertz CT molecular complexity index is 1050. The SMILES string of the molecule is COc1ccc(NCc2cc(Cl)c(OCc3ccc(F)cc3Cl)c(OC)c2)cc1Cl. The number of halogens is 4. The summed E-state index contributed by atoms with van der Waals surface area (Å²) >= 11 is 18.6. The molecule has 0 amide bonds. The van der Waals surface area contributed by atoms with Crippen LogP contribution in [0.5, 0.6) is 17.2 Å². The van der Waals surface area contributed by atoms with Crippen LogP contribution >= 0.6 is 34.8 Å². The normalized spacial score (nSPS) is 10.6. The van der Waals surface area contributed by atoms with Crippen molar-refractivity contribution in [1.29, 1.82) is 0 Å². The zero-order chi connectivity index (χ0) is 21.7. The molecule has 158 valence electrons. The van der Waals surface area contributed by atoms with Gasteiger partial charge in [-0.2, -0.15) is 0 Å². The second-order valence-corrected chi connectivity index (χ2v) is 7.56. The Labute approximate surface area is 189 Å². The number of methoxy groups -OCH3 is 2. The molecule has 3 rings (SSSR count). The highest BCUT2D eigenvalue weighted by molar-refractivity contribution is 6.32. The third-order valence-corrected chi connectivity index (χ3v) is 5.25. The van der Waals surface area contributed by atoms with E-state index in [0.29, 0.717) is 39.4 Å². The van der Waals surface area contributed by atoms with Crippen LogP contribution in [0.15, 0.2) is 48.5 Å². The fourth-order valence-electron chi connectivity index (χ4n) is 2.78. The van der Waals surface area contributed by atoms with Crippen molar-refractivity contribution in [3.05, 3.63) is 80.5 Å². The fraction of sp³-hybridized carbons (Fsp3) is 0.182. The summed E-state index contributed by atoms with van der Waals surface area (Å²) in [6, 6.07) is 13.2. The van der Waals surface area contributed by atoms with Gasteiger partial charge in [0.25, 0.3) is 0 Å². The summed E-state index contributed by atoms with van der Waals surface area (Å²) in [5.74, 6) is 1.06. The number of nitrogens with one attached hydrogen (secondary N) is 1. The predicted molar refractivity (Wildman–Crippen MR) is 119 cm³/mol. The van der Waals surface area contributed by atoms with Crippen molar-refractivity contribution in [2.45, 2.75) is 13.2 Å². The number of rotatable bonds is 8. The number of hydrogen-bond donors (Lipinski definition) is 1. The van der Waals surface area contributed by atoms with E-state index in [1.165, 1.54) is 19.2 Å². The lowest BCUT2D eigenvalue weighted by Gasteiger charge is -2.15. The van der Waals surface area contributed by atoms with Crippen LogP contribution in [0, 0.1) is 5.82 Å². The Morgan fingerprint density at radius 3 is 2.27 bits per heavy atom. The molecule has 0 bridgehead atoms. The van der Waals surface area contributed by atoms with Gasteiger partial charge in [0.15, 0.2) is 11.5 Å². The lowest BCUT2D eigenvalue weighted by atomic mass is 10.2. The first-order valence-electron chi connectivity index (χ1n) is 8.91. The van der Waals surface area contributed by atoms with Gasteiger partial charge < -0.3 is 19.5 Å². The van der Waals surface area contributed by atoms with Crippen LogP contribution in [0.4, 0.5) is 10.1 Å². The van der Waals surface area contributed by atoms with Crippen molar-refractivity contribution in [1.82, 2.24) is 0 Å². The molecule has 3 aromatic carbocycles. The minimum absolute atomic E-state index is 0.122. The van der Waals surface area contributed by atoms with Crippen LogP contribution < -0.4 is 19.5 Å². The maximum Gasteiger partial charge on any atom is 0.180 e. The van der Waals surface area contributed by atoms with Crippen molar-refractivity contribution in [2.75, 3.05) is 19.5 Å². The van der Waals surface area contributed by atoms with Crippen LogP contribution in [0.1, 0.15) is 11.1 Å². The molecule has 0 heterocycles. The molecule has 0 fully saturated rings. The van der Waals surface area contributed by atoms with Crippen LogP contribution in [0.25, 0.3) is 0 Å². The van der Waals surface area contributed by atoms with Gasteiger partial charge >= 0.3 is 0 Å². The summed E-state index contributed by atoms with van der Waals surface area (Å²) in [6.45, 7) is 0.611. The van der Waals surface area contributed by atoms with Gasteiger partial charge in [0.2, 0.25) is 0 Å². The first-order valence-corrected chi connectivity index (χ1v) is 10.0. The number of benzene rings is 3. The van der Waals surface area contributed by atoms with E-state index in [9.17, 15) is 4.39 Å². The first kappa shape index (κ1) is 22.3. The van der Waals surface area contributed by atoms with Gasteiger partial charge in [-0.15, -0.1) is 0 Å². The van der Waals surface area contributed by atoms with Gasteiger partial charge in [0.1, 0.15) is 18.2 Å². The first-order chi connectivity index (χ1) is 14.4. The molecular weight excluding hydrogens is 452 g/mol. The topological polar surface area (TPSA) is 39.7 Å². The molecule has 0 spiro atoms. The Hall–Kier alpha value is -2.34. The van der Waals surface area contributed by atoms with E-state index in [4.69, 9.17) is 49.0 Å². The number of anilines is 1. The second-order valence-electron chi connectivity index (χ2n) is 6.34. The zero-order valence-corrected chi connectivity index (χ0v) is 18.5. The molecule has 1 N–H and O–H groups in total. The second kappa shape index (κ2) is 10.1. The zero-order valence-electron chi connectivity index (χ0n) is 16.3. The maximum absolute atomic E-state index is 13.2. The standard InChI is InChI=1S/C22H19Cl3FNO3/c1-28-20-6-5-16(10-18(20)24)27-11-13-7-19(25)22(21(8-13)29-2)30-12-14-3-4-15(26)9-17(14)23/h3-10,27H,11-12H2,1-2H3. The molecule has 3 aromatic rings. The molecule has 0 unspecified atom stereocenters. The van der Waals surface area contributed by atoms with E-state index in [-0.39, 0.29) is 11.6 Å². The maximum atomic E-state index is 13.2. The molecule has 0 aliphatic carbocycles. The highest BCUT2D eigenvalue weighted by Gasteiger charge is 2.14. The summed E-state index contributed by atoms with van der Waals surface area (Å²) in [6.07, 6.45) is 0. The fourth-order valence-corrected chi connectivity index (χ4v) is 3.55. The van der Waals surface area contributed by atoms with E-state index in [0.717, 1.165) is 11.3 Å². The molecule has 0 atom stereocenters. The monoisotopic (exact) mass is 469 g/mol. The molecular formula is C22H19Cl3FNO3. The summed E-state index contributed by atoms with van der Waals surface area (Å²) < 4.78 is 29.6. The Morgan fingerprint density at radius 1 is 0.833 bits per heavy atom. The molecule has 0 aromatic heterocycles. The lowest BCUT2D eigenvalue weighted by molar-refractivity contribution is 0.284. The highest BCUT2D eigenvalue weighted by atomic mass is 35.5. The molecule has 0 aliphatic heterocycles. The van der Waals surface area contributed by atoms with Gasteiger partial charge in [-0.1, -0.05) is 40.9 Å². The Morgan fingerprint density at radius 2 is 1.60 bits per heavy atom. The van der Waals surface area contributed by atoms with Crippen molar-refractivity contribution in [2.24, 2.45) is 0 Å². The van der Waals surface area contributed by atoms with E-state index in [2.05, 4.69) is 5.32 Å². The van der Waals surface area contributed by atoms with Gasteiger partial charge in [-0.25, -0.2) is 4.39 Å². The van der Waals surface area contributed by atoms with Gasteiger partial charge in [-0.3, -0.25) is 0 Å². The summed E-state index contributed by atoms with van der Waals surface area (Å²) in [7, 11) is 3.10. The predicted octanol–water partition coefficient (Wildman–Crippen LogP) is 6.99. The van der Waals surface area contributed by atoms with Gasteiger partial charge in [0.05, 0.1) is 29.3 Å². The molecule has 0 saturated carbocycles. The van der Waals surface area contributed by atoms with Gasteiger partial charge in [-0.05, 0) is 48.0 Å². The van der Waals surface area contributed by atoms with E-state index >= 15 is 0 Å². The Kier molecular flexibility index (Phi) is 7.53. The minimum atomic E-state index is -0.408. The van der Waals surface area contributed by atoms with Crippen LogP contribution in [0.3, 0.4) is 0 Å². The average Bonchev–Trinajstić information content (AvgIpc) is 2.72. The van der Waals surface area contributed by atoms with Crippen molar-refractivity contribution >= 4 is 40.5 Å². The van der Waals surface area contributed by atoms with Crippen LogP contribution in [0.2, 0.25) is 15.1 Å². The lowest BCUT2D eigenvalue weighted by Crippen LogP contribution is -2.03. The quantitative estimate of drug-likeness (QED) is 0.385. The highest BCUT2D eigenvalue weighted by Crippen LogP contribution is 2.37. The van der Waals surface area contributed by atoms with E-state index in [1.807, 2.05) is 12.1 Å². The summed E-state index contributed by atoms with van der Waals surface area (Å²) in [4.78, 5) is 0. The van der Waals surface area contributed by atoms with Gasteiger partial charge in [0, 0.05) is 17.8 Å². The molecule has 0 radical (unpaired) electrons. The largest absolute Gasteiger partial charge is 0.495 e. The van der Waals surface area contributed by atoms with Crippen molar-refractivity contribution in [3.63, 3.8) is 0 Å². The molecule has 0 aliphatic rings. The smallest absolute Gasteiger partial charge is 0.180 e. The molecule has 30 heavy (non-hydrogen) atoms. The third kappa shape index (κ3) is 5.42. The van der Waals surface area contributed by atoms with Crippen LogP contribution in [-0.4, -0.2) is 14.2 Å². The van der Waals surface area contributed by atoms with E-state index < -0.39 is 5.82 Å². The van der Waals surface area contributed by atoms with Crippen LogP contribution in [-0.2, 0) is 13.2 Å². The number of hydrogen-bond acceptors (Lipinski definition) is 4. The Balaban J connectivity index is 1.72. The molecule has 0 saturated heterocycles. The number of ether oxygens (including phenoxy) is 3. The average molecular weight is 471 g/mol. The van der Waals surface area contributed by atoms with Crippen molar-refractivity contribution < 1.29 is 18.6 Å².